The molecular weight excluding hydrogens is 219 g/mol. The topological polar surface area (TPSA) is 46.3 Å². The molecule has 2 N–H and O–H groups in total. The molecule has 0 aliphatic rings. The maximum atomic E-state index is 13.1. The number of benzene rings is 1. The molecule has 0 fully saturated rings. The summed E-state index contributed by atoms with van der Waals surface area (Å²) in [6, 6.07) is 6.10. The van der Waals surface area contributed by atoms with Crippen LogP contribution in [0.2, 0.25) is 0 Å². The van der Waals surface area contributed by atoms with Crippen molar-refractivity contribution in [1.82, 2.24) is 0 Å². The SMILES string of the molecule is CCCC(=O)N(CCCN)c1cccc(F)c1. The summed E-state index contributed by atoms with van der Waals surface area (Å²) in [4.78, 5) is 13.5. The number of rotatable bonds is 6. The number of anilines is 1. The van der Waals surface area contributed by atoms with E-state index in [0.29, 0.717) is 31.6 Å². The molecule has 0 saturated carbocycles. The summed E-state index contributed by atoms with van der Waals surface area (Å²) in [6.45, 7) is 3.01. The smallest absolute Gasteiger partial charge is 0.226 e. The van der Waals surface area contributed by atoms with Crippen LogP contribution in [0.25, 0.3) is 0 Å². The zero-order valence-corrected chi connectivity index (χ0v) is 10.2. The minimum atomic E-state index is -0.329. The number of halogens is 1. The zero-order chi connectivity index (χ0) is 12.7. The summed E-state index contributed by atoms with van der Waals surface area (Å²) < 4.78 is 13.1. The maximum Gasteiger partial charge on any atom is 0.226 e. The van der Waals surface area contributed by atoms with Crippen molar-refractivity contribution < 1.29 is 9.18 Å². The van der Waals surface area contributed by atoms with Crippen LogP contribution in [0, 0.1) is 5.82 Å². The van der Waals surface area contributed by atoms with Gasteiger partial charge in [0.1, 0.15) is 5.82 Å². The minimum absolute atomic E-state index is 0.0200. The number of nitrogens with zero attached hydrogens (tertiary/aromatic N) is 1. The lowest BCUT2D eigenvalue weighted by Crippen LogP contribution is -2.32. The van der Waals surface area contributed by atoms with Gasteiger partial charge in [0.25, 0.3) is 0 Å². The molecule has 0 heterocycles. The van der Waals surface area contributed by atoms with Crippen LogP contribution in [0.3, 0.4) is 0 Å². The molecule has 1 amide bonds. The average Bonchev–Trinajstić information content (AvgIpc) is 2.30. The number of amides is 1. The van der Waals surface area contributed by atoms with Gasteiger partial charge in [-0.25, -0.2) is 4.39 Å². The number of hydrogen-bond donors (Lipinski definition) is 1. The van der Waals surface area contributed by atoms with Gasteiger partial charge in [-0.3, -0.25) is 4.79 Å². The molecular formula is C13H19FN2O. The predicted octanol–water partition coefficient (Wildman–Crippen LogP) is 2.31. The van der Waals surface area contributed by atoms with Crippen molar-refractivity contribution in [3.63, 3.8) is 0 Å². The first kappa shape index (κ1) is 13.6. The molecule has 3 nitrogen and oxygen atoms in total. The van der Waals surface area contributed by atoms with Gasteiger partial charge in [0, 0.05) is 18.7 Å². The van der Waals surface area contributed by atoms with E-state index in [0.717, 1.165) is 6.42 Å². The van der Waals surface area contributed by atoms with Gasteiger partial charge in [0.05, 0.1) is 0 Å². The van der Waals surface area contributed by atoms with Crippen LogP contribution in [0.4, 0.5) is 10.1 Å². The van der Waals surface area contributed by atoms with E-state index < -0.39 is 0 Å². The lowest BCUT2D eigenvalue weighted by Gasteiger charge is -2.22. The van der Waals surface area contributed by atoms with Crippen molar-refractivity contribution in [3.8, 4) is 0 Å². The van der Waals surface area contributed by atoms with E-state index in [1.165, 1.54) is 12.1 Å². The summed E-state index contributed by atoms with van der Waals surface area (Å²) in [6.07, 6.45) is 1.97. The molecule has 0 aliphatic carbocycles. The van der Waals surface area contributed by atoms with Gasteiger partial charge in [0.2, 0.25) is 5.91 Å². The quantitative estimate of drug-likeness (QED) is 0.826. The highest BCUT2D eigenvalue weighted by molar-refractivity contribution is 5.93. The Morgan fingerprint density at radius 1 is 1.47 bits per heavy atom. The number of carbonyl (C=O) groups excluding carboxylic acids is 1. The van der Waals surface area contributed by atoms with E-state index in [4.69, 9.17) is 5.73 Å². The highest BCUT2D eigenvalue weighted by Crippen LogP contribution is 2.17. The van der Waals surface area contributed by atoms with Gasteiger partial charge < -0.3 is 10.6 Å². The minimum Gasteiger partial charge on any atom is -0.330 e. The lowest BCUT2D eigenvalue weighted by atomic mass is 10.2. The fourth-order valence-electron chi connectivity index (χ4n) is 1.64. The van der Waals surface area contributed by atoms with Crippen molar-refractivity contribution in [2.24, 2.45) is 5.73 Å². The Labute approximate surface area is 101 Å². The van der Waals surface area contributed by atoms with Crippen LogP contribution in [0.1, 0.15) is 26.2 Å². The average molecular weight is 238 g/mol. The summed E-state index contributed by atoms with van der Waals surface area (Å²) >= 11 is 0. The fourth-order valence-corrected chi connectivity index (χ4v) is 1.64. The van der Waals surface area contributed by atoms with Crippen molar-refractivity contribution in [1.29, 1.82) is 0 Å². The first-order valence-electron chi connectivity index (χ1n) is 5.95. The molecule has 17 heavy (non-hydrogen) atoms. The third-order valence-corrected chi connectivity index (χ3v) is 2.47. The van der Waals surface area contributed by atoms with Gasteiger partial charge >= 0.3 is 0 Å². The van der Waals surface area contributed by atoms with E-state index in [1.54, 1.807) is 17.0 Å². The fraction of sp³-hybridized carbons (Fsp3) is 0.462. The third kappa shape index (κ3) is 4.15. The largest absolute Gasteiger partial charge is 0.330 e. The standard InChI is InChI=1S/C13H19FN2O/c1-2-5-13(17)16(9-4-8-15)12-7-3-6-11(14)10-12/h3,6-7,10H,2,4-5,8-9,15H2,1H3. The normalized spacial score (nSPS) is 10.3. The molecule has 0 saturated heterocycles. The highest BCUT2D eigenvalue weighted by Gasteiger charge is 2.14. The van der Waals surface area contributed by atoms with Gasteiger partial charge in [-0.1, -0.05) is 13.0 Å². The summed E-state index contributed by atoms with van der Waals surface area (Å²) in [7, 11) is 0. The Morgan fingerprint density at radius 3 is 2.82 bits per heavy atom. The molecule has 0 bridgehead atoms. The number of hydrogen-bond acceptors (Lipinski definition) is 2. The number of carbonyl (C=O) groups is 1. The summed E-state index contributed by atoms with van der Waals surface area (Å²) in [5.74, 6) is -0.309. The molecule has 0 radical (unpaired) electrons. The van der Waals surface area contributed by atoms with E-state index >= 15 is 0 Å². The second kappa shape index (κ2) is 7.01. The van der Waals surface area contributed by atoms with E-state index in [9.17, 15) is 9.18 Å². The van der Waals surface area contributed by atoms with Gasteiger partial charge in [-0.2, -0.15) is 0 Å². The first-order chi connectivity index (χ1) is 8.19. The van der Waals surface area contributed by atoms with Crippen LogP contribution in [0.5, 0.6) is 0 Å². The molecule has 0 aliphatic heterocycles. The third-order valence-electron chi connectivity index (χ3n) is 2.47. The van der Waals surface area contributed by atoms with E-state index in [-0.39, 0.29) is 11.7 Å². The molecule has 0 unspecified atom stereocenters. The van der Waals surface area contributed by atoms with Crippen molar-refractivity contribution in [2.45, 2.75) is 26.2 Å². The Kier molecular flexibility index (Phi) is 5.63. The molecule has 1 rings (SSSR count). The Morgan fingerprint density at radius 2 is 2.24 bits per heavy atom. The highest BCUT2D eigenvalue weighted by atomic mass is 19.1. The summed E-state index contributed by atoms with van der Waals surface area (Å²) in [5, 5.41) is 0. The lowest BCUT2D eigenvalue weighted by molar-refractivity contribution is -0.118. The van der Waals surface area contributed by atoms with Gasteiger partial charge in [-0.15, -0.1) is 0 Å². The monoisotopic (exact) mass is 238 g/mol. The predicted molar refractivity (Wildman–Crippen MR) is 67.3 cm³/mol. The Hall–Kier alpha value is -1.42. The molecule has 0 atom stereocenters. The van der Waals surface area contributed by atoms with Crippen LogP contribution < -0.4 is 10.6 Å². The molecule has 1 aromatic rings. The Balaban J connectivity index is 2.85. The van der Waals surface area contributed by atoms with Gasteiger partial charge in [-0.05, 0) is 37.6 Å². The Bertz CT molecular complexity index is 368. The van der Waals surface area contributed by atoms with Crippen LogP contribution in [-0.4, -0.2) is 19.0 Å². The molecule has 0 spiro atoms. The second-order valence-electron chi connectivity index (χ2n) is 3.92. The van der Waals surface area contributed by atoms with Crippen LogP contribution >= 0.6 is 0 Å². The summed E-state index contributed by atoms with van der Waals surface area (Å²) in [5.41, 5.74) is 6.06. The number of nitrogens with two attached hydrogens (primary N) is 1. The first-order valence-corrected chi connectivity index (χ1v) is 5.95. The van der Waals surface area contributed by atoms with Crippen molar-refractivity contribution in [2.75, 3.05) is 18.0 Å². The van der Waals surface area contributed by atoms with E-state index in [1.807, 2.05) is 6.92 Å². The van der Waals surface area contributed by atoms with Gasteiger partial charge in [0.15, 0.2) is 0 Å². The second-order valence-corrected chi connectivity index (χ2v) is 3.92. The van der Waals surface area contributed by atoms with Crippen LogP contribution in [-0.2, 0) is 4.79 Å². The maximum absolute atomic E-state index is 13.1. The zero-order valence-electron chi connectivity index (χ0n) is 10.2. The molecule has 4 heteroatoms. The molecule has 1 aromatic carbocycles. The van der Waals surface area contributed by atoms with E-state index in [2.05, 4.69) is 0 Å². The van der Waals surface area contributed by atoms with Crippen LogP contribution in [0.15, 0.2) is 24.3 Å². The van der Waals surface area contributed by atoms with Crippen molar-refractivity contribution >= 4 is 11.6 Å². The van der Waals surface area contributed by atoms with Crippen molar-refractivity contribution in [3.05, 3.63) is 30.1 Å². The molecule has 94 valence electrons. The molecule has 0 aromatic heterocycles.